The van der Waals surface area contributed by atoms with Crippen molar-refractivity contribution in [1.82, 2.24) is 0 Å². The first kappa shape index (κ1) is 18.5. The van der Waals surface area contributed by atoms with Crippen LogP contribution in [0.5, 0.6) is 11.5 Å². The number of carbonyl (C=O) groups is 2. The summed E-state index contributed by atoms with van der Waals surface area (Å²) in [6.07, 6.45) is 0.708. The maximum Gasteiger partial charge on any atom is 0.262 e. The lowest BCUT2D eigenvalue weighted by Crippen LogP contribution is -2.21. The highest BCUT2D eigenvalue weighted by Gasteiger charge is 2.14. The van der Waals surface area contributed by atoms with Crippen molar-refractivity contribution >= 4 is 49.7 Å². The van der Waals surface area contributed by atoms with Gasteiger partial charge < -0.3 is 14.8 Å². The number of anilines is 1. The molecule has 0 atom stereocenters. The van der Waals surface area contributed by atoms with Crippen LogP contribution in [0.15, 0.2) is 39.3 Å². The molecule has 0 aliphatic heterocycles. The number of ether oxygens (including phenoxy) is 2. The minimum Gasteiger partial charge on any atom is -0.493 e. The van der Waals surface area contributed by atoms with E-state index in [9.17, 15) is 9.59 Å². The van der Waals surface area contributed by atoms with Gasteiger partial charge in [0, 0.05) is 15.7 Å². The molecule has 0 bridgehead atoms. The molecule has 0 aromatic heterocycles. The Morgan fingerprint density at radius 3 is 2.62 bits per heavy atom. The number of halogens is 2. The normalized spacial score (nSPS) is 10.2. The summed E-state index contributed by atoms with van der Waals surface area (Å²) in [5, 5.41) is 2.79. The molecule has 0 spiro atoms. The van der Waals surface area contributed by atoms with Crippen molar-refractivity contribution in [2.45, 2.75) is 6.92 Å². The number of methoxy groups -OCH3 is 1. The maximum atomic E-state index is 12.1. The van der Waals surface area contributed by atoms with Crippen LogP contribution in [0, 0.1) is 6.92 Å². The van der Waals surface area contributed by atoms with Crippen LogP contribution in [-0.2, 0) is 4.79 Å². The Hall–Kier alpha value is -1.86. The molecule has 0 aliphatic rings. The second kappa shape index (κ2) is 8.30. The minimum absolute atomic E-state index is 0.190. The third-order valence-corrected chi connectivity index (χ3v) is 4.28. The van der Waals surface area contributed by atoms with Gasteiger partial charge in [-0.05, 0) is 58.7 Å². The Morgan fingerprint density at radius 2 is 2.00 bits per heavy atom. The number of rotatable bonds is 6. The molecule has 0 radical (unpaired) electrons. The number of nitrogens with one attached hydrogen (secondary N) is 1. The molecule has 24 heavy (non-hydrogen) atoms. The number of aryl methyl sites for hydroxylation is 1. The molecule has 0 saturated heterocycles. The molecule has 5 nitrogen and oxygen atoms in total. The molecular formula is C17H15Br2NO4. The maximum absolute atomic E-state index is 12.1. The molecule has 0 heterocycles. The van der Waals surface area contributed by atoms with Gasteiger partial charge in [0.05, 0.1) is 11.6 Å². The Kier molecular flexibility index (Phi) is 6.39. The third-order valence-electron chi connectivity index (χ3n) is 3.20. The lowest BCUT2D eigenvalue weighted by Gasteiger charge is -2.14. The van der Waals surface area contributed by atoms with E-state index in [0.29, 0.717) is 33.5 Å². The first-order valence-electron chi connectivity index (χ1n) is 6.96. The number of hydrogen-bond donors (Lipinski definition) is 1. The third kappa shape index (κ3) is 4.58. The predicted molar refractivity (Wildman–Crippen MR) is 99.1 cm³/mol. The van der Waals surface area contributed by atoms with Gasteiger partial charge in [0.1, 0.15) is 6.29 Å². The van der Waals surface area contributed by atoms with Crippen LogP contribution in [0.25, 0.3) is 0 Å². The van der Waals surface area contributed by atoms with Crippen LogP contribution >= 0.6 is 31.9 Å². The summed E-state index contributed by atoms with van der Waals surface area (Å²) in [7, 11) is 1.47. The zero-order valence-electron chi connectivity index (χ0n) is 13.1. The van der Waals surface area contributed by atoms with Gasteiger partial charge in [0.15, 0.2) is 18.1 Å². The van der Waals surface area contributed by atoms with Gasteiger partial charge in [-0.15, -0.1) is 0 Å². The highest BCUT2D eigenvalue weighted by molar-refractivity contribution is 9.10. The van der Waals surface area contributed by atoms with E-state index in [-0.39, 0.29) is 12.5 Å². The van der Waals surface area contributed by atoms with Gasteiger partial charge >= 0.3 is 0 Å². The summed E-state index contributed by atoms with van der Waals surface area (Å²) >= 11 is 6.69. The monoisotopic (exact) mass is 455 g/mol. The highest BCUT2D eigenvalue weighted by atomic mass is 79.9. The van der Waals surface area contributed by atoms with Crippen molar-refractivity contribution in [3.63, 3.8) is 0 Å². The molecule has 126 valence electrons. The molecule has 0 aliphatic carbocycles. The van der Waals surface area contributed by atoms with Gasteiger partial charge in [-0.3, -0.25) is 9.59 Å². The minimum atomic E-state index is -0.297. The van der Waals surface area contributed by atoms with Gasteiger partial charge in [-0.2, -0.15) is 0 Å². The topological polar surface area (TPSA) is 64.6 Å². The molecular weight excluding hydrogens is 442 g/mol. The average molecular weight is 457 g/mol. The van der Waals surface area contributed by atoms with Crippen molar-refractivity contribution in [3.05, 3.63) is 50.4 Å². The largest absolute Gasteiger partial charge is 0.493 e. The highest BCUT2D eigenvalue weighted by Crippen LogP contribution is 2.36. The zero-order valence-corrected chi connectivity index (χ0v) is 16.2. The number of hydrogen-bond acceptors (Lipinski definition) is 4. The molecule has 1 amide bonds. The summed E-state index contributed by atoms with van der Waals surface area (Å²) in [5.74, 6) is 0.443. The smallest absolute Gasteiger partial charge is 0.262 e. The number of aldehydes is 1. The molecule has 7 heteroatoms. The fourth-order valence-corrected chi connectivity index (χ4v) is 3.09. The van der Waals surface area contributed by atoms with Crippen LogP contribution in [0.3, 0.4) is 0 Å². The van der Waals surface area contributed by atoms with E-state index in [1.165, 1.54) is 7.11 Å². The van der Waals surface area contributed by atoms with Crippen molar-refractivity contribution in [2.24, 2.45) is 0 Å². The lowest BCUT2D eigenvalue weighted by molar-refractivity contribution is -0.118. The zero-order chi connectivity index (χ0) is 17.7. The quantitative estimate of drug-likeness (QED) is 0.656. The molecule has 0 fully saturated rings. The molecule has 2 aromatic carbocycles. The second-order valence-electron chi connectivity index (χ2n) is 4.95. The Balaban J connectivity index is 2.07. The molecule has 2 rings (SSSR count). The number of amides is 1. The van der Waals surface area contributed by atoms with Crippen LogP contribution in [0.4, 0.5) is 5.69 Å². The van der Waals surface area contributed by atoms with Crippen molar-refractivity contribution in [2.75, 3.05) is 19.0 Å². The fraction of sp³-hybridized carbons (Fsp3) is 0.176. The second-order valence-corrected chi connectivity index (χ2v) is 6.72. The van der Waals surface area contributed by atoms with Gasteiger partial charge in [0.2, 0.25) is 0 Å². The standard InChI is InChI=1S/C17H15Br2NO4/c1-10-5-12(18)3-4-14(10)20-16(22)9-24-17-13(19)6-11(8-21)7-15(17)23-2/h3-8H,9H2,1-2H3,(H,20,22). The van der Waals surface area contributed by atoms with E-state index in [2.05, 4.69) is 37.2 Å². The predicted octanol–water partition coefficient (Wildman–Crippen LogP) is 4.36. The van der Waals surface area contributed by atoms with Crippen molar-refractivity contribution < 1.29 is 19.1 Å². The van der Waals surface area contributed by atoms with Crippen LogP contribution in [-0.4, -0.2) is 25.9 Å². The summed E-state index contributed by atoms with van der Waals surface area (Å²) < 4.78 is 12.2. The van der Waals surface area contributed by atoms with Gasteiger partial charge in [-0.1, -0.05) is 15.9 Å². The molecule has 2 aromatic rings. The summed E-state index contributed by atoms with van der Waals surface area (Å²) in [6.45, 7) is 1.71. The Bertz CT molecular complexity index is 777. The molecule has 0 unspecified atom stereocenters. The SMILES string of the molecule is COc1cc(C=O)cc(Br)c1OCC(=O)Nc1ccc(Br)cc1C. The Labute approximate surface area is 156 Å². The van der Waals surface area contributed by atoms with E-state index in [0.717, 1.165) is 10.0 Å². The van der Waals surface area contributed by atoms with Gasteiger partial charge in [-0.25, -0.2) is 0 Å². The summed E-state index contributed by atoms with van der Waals surface area (Å²) in [6, 6.07) is 8.72. The van der Waals surface area contributed by atoms with E-state index in [1.807, 2.05) is 25.1 Å². The van der Waals surface area contributed by atoms with Crippen molar-refractivity contribution in [3.8, 4) is 11.5 Å². The number of benzene rings is 2. The van der Waals surface area contributed by atoms with E-state index in [4.69, 9.17) is 9.47 Å². The van der Waals surface area contributed by atoms with Gasteiger partial charge in [0.25, 0.3) is 5.91 Å². The van der Waals surface area contributed by atoms with Crippen LogP contribution in [0.1, 0.15) is 15.9 Å². The average Bonchev–Trinajstić information content (AvgIpc) is 2.55. The van der Waals surface area contributed by atoms with Crippen LogP contribution in [0.2, 0.25) is 0 Å². The summed E-state index contributed by atoms with van der Waals surface area (Å²) in [4.78, 5) is 23.0. The number of carbonyl (C=O) groups excluding carboxylic acids is 2. The van der Waals surface area contributed by atoms with Crippen molar-refractivity contribution in [1.29, 1.82) is 0 Å². The molecule has 1 N–H and O–H groups in total. The molecule has 0 saturated carbocycles. The van der Waals surface area contributed by atoms with E-state index in [1.54, 1.807) is 12.1 Å². The Morgan fingerprint density at radius 1 is 1.25 bits per heavy atom. The van der Waals surface area contributed by atoms with E-state index >= 15 is 0 Å². The fourth-order valence-electron chi connectivity index (χ4n) is 2.04. The van der Waals surface area contributed by atoms with E-state index < -0.39 is 0 Å². The lowest BCUT2D eigenvalue weighted by atomic mass is 10.2. The van der Waals surface area contributed by atoms with Crippen LogP contribution < -0.4 is 14.8 Å². The summed E-state index contributed by atoms with van der Waals surface area (Å²) in [5.41, 5.74) is 2.10. The first-order chi connectivity index (χ1) is 11.4. The first-order valence-corrected chi connectivity index (χ1v) is 8.54.